The maximum Gasteiger partial charge on any atom is 0.132 e. The Balaban J connectivity index is 1.61. The van der Waals surface area contributed by atoms with E-state index >= 15 is 0 Å². The van der Waals surface area contributed by atoms with Crippen LogP contribution in [-0.4, -0.2) is 22.4 Å². The van der Waals surface area contributed by atoms with Crippen molar-refractivity contribution in [1.29, 1.82) is 0 Å². The van der Waals surface area contributed by atoms with Crippen LogP contribution in [0.5, 0.6) is 11.5 Å². The van der Waals surface area contributed by atoms with Gasteiger partial charge in [-0.15, -0.1) is 0 Å². The molecule has 0 spiro atoms. The Morgan fingerprint density at radius 1 is 1.15 bits per heavy atom. The molecular formula is C24H36O3. The van der Waals surface area contributed by atoms with Gasteiger partial charge in [0.25, 0.3) is 0 Å². The van der Waals surface area contributed by atoms with E-state index in [-0.39, 0.29) is 22.9 Å². The highest BCUT2D eigenvalue weighted by atomic mass is 16.5. The van der Waals surface area contributed by atoms with E-state index in [1.54, 1.807) is 0 Å². The van der Waals surface area contributed by atoms with Crippen molar-refractivity contribution >= 4 is 0 Å². The molecule has 0 aromatic heterocycles. The summed E-state index contributed by atoms with van der Waals surface area (Å²) in [5, 5.41) is 21.8. The van der Waals surface area contributed by atoms with Crippen molar-refractivity contribution in [3.05, 3.63) is 23.3 Å². The lowest BCUT2D eigenvalue weighted by Crippen LogP contribution is -2.63. The molecule has 0 unspecified atom stereocenters. The van der Waals surface area contributed by atoms with E-state index in [2.05, 4.69) is 40.7 Å². The van der Waals surface area contributed by atoms with Gasteiger partial charge in [0.2, 0.25) is 0 Å². The zero-order valence-electron chi connectivity index (χ0n) is 17.6. The van der Waals surface area contributed by atoms with Crippen LogP contribution in [0, 0.1) is 17.3 Å². The summed E-state index contributed by atoms with van der Waals surface area (Å²) < 4.78 is 6.27. The maximum absolute atomic E-state index is 11.0. The summed E-state index contributed by atoms with van der Waals surface area (Å²) in [6, 6.07) is 4.11. The molecule has 0 saturated heterocycles. The molecule has 0 amide bonds. The van der Waals surface area contributed by atoms with E-state index in [1.165, 1.54) is 25.7 Å². The second-order valence-electron chi connectivity index (χ2n) is 10.5. The van der Waals surface area contributed by atoms with E-state index in [0.29, 0.717) is 17.6 Å². The summed E-state index contributed by atoms with van der Waals surface area (Å²) in [4.78, 5) is 0. The number of aromatic hydroxyl groups is 1. The number of aliphatic hydroxyl groups is 1. The van der Waals surface area contributed by atoms with Crippen molar-refractivity contribution in [1.82, 2.24) is 0 Å². The van der Waals surface area contributed by atoms with Crippen LogP contribution >= 0.6 is 0 Å². The average molecular weight is 373 g/mol. The Morgan fingerprint density at radius 3 is 2.56 bits per heavy atom. The number of aliphatic hydroxyl groups excluding tert-OH is 1. The Hall–Kier alpha value is -1.22. The van der Waals surface area contributed by atoms with Crippen molar-refractivity contribution in [2.75, 3.05) is 0 Å². The van der Waals surface area contributed by atoms with E-state index in [0.717, 1.165) is 29.7 Å². The van der Waals surface area contributed by atoms with Crippen LogP contribution < -0.4 is 4.74 Å². The smallest absolute Gasteiger partial charge is 0.132 e. The minimum Gasteiger partial charge on any atom is -0.508 e. The van der Waals surface area contributed by atoms with Gasteiger partial charge in [-0.3, -0.25) is 0 Å². The maximum atomic E-state index is 11.0. The standard InChI is InChI=1S/C24H36O3/c1-6-7-8-9-10-23(2,3)14-11-17(25)20-18(12-14)27-22-19(20)15-13-16(21(22)26)24(15,4)5/h11-12,15-16,19,21-22,25-26H,6-10,13H2,1-5H3/t15-,16+,19+,21+,22-/m1/s1. The Labute approximate surface area is 164 Å². The molecule has 1 aliphatic heterocycles. The first-order valence-corrected chi connectivity index (χ1v) is 10.9. The summed E-state index contributed by atoms with van der Waals surface area (Å²) in [7, 11) is 0. The fraction of sp³-hybridized carbons (Fsp3) is 0.750. The molecule has 3 heteroatoms. The highest BCUT2D eigenvalue weighted by molar-refractivity contribution is 5.55. The van der Waals surface area contributed by atoms with E-state index < -0.39 is 6.10 Å². The summed E-state index contributed by atoms with van der Waals surface area (Å²) >= 11 is 0. The lowest BCUT2D eigenvalue weighted by atomic mass is 9.43. The summed E-state index contributed by atoms with van der Waals surface area (Å²) in [5.41, 5.74) is 2.22. The minimum atomic E-state index is -0.438. The third-order valence-corrected chi connectivity index (χ3v) is 8.11. The number of unbranched alkanes of at least 4 members (excludes halogenated alkanes) is 3. The van der Waals surface area contributed by atoms with Gasteiger partial charge in [0, 0.05) is 11.5 Å². The number of hydrogen-bond acceptors (Lipinski definition) is 3. The number of hydrogen-bond donors (Lipinski definition) is 2. The molecule has 1 aromatic rings. The first kappa shape index (κ1) is 19.1. The number of phenolic OH excluding ortho intramolecular Hbond substituents is 1. The molecule has 27 heavy (non-hydrogen) atoms. The number of rotatable bonds is 6. The van der Waals surface area contributed by atoms with Gasteiger partial charge in [0.1, 0.15) is 17.6 Å². The molecule has 3 aliphatic carbocycles. The first-order valence-electron chi connectivity index (χ1n) is 10.9. The topological polar surface area (TPSA) is 49.7 Å². The zero-order chi connectivity index (χ0) is 19.6. The summed E-state index contributed by atoms with van der Waals surface area (Å²) in [6.07, 6.45) is 6.54. The second kappa shape index (κ2) is 6.40. The molecule has 1 heterocycles. The van der Waals surface area contributed by atoms with Crippen molar-refractivity contribution in [2.24, 2.45) is 17.3 Å². The van der Waals surface area contributed by atoms with Crippen LogP contribution in [0.3, 0.4) is 0 Å². The van der Waals surface area contributed by atoms with E-state index in [4.69, 9.17) is 4.74 Å². The van der Waals surface area contributed by atoms with E-state index in [9.17, 15) is 10.2 Å². The van der Waals surface area contributed by atoms with Gasteiger partial charge in [0.15, 0.2) is 0 Å². The fourth-order valence-corrected chi connectivity index (χ4v) is 6.08. The normalized spacial score (nSPS) is 33.0. The number of phenols is 1. The molecule has 2 N–H and O–H groups in total. The molecule has 3 nitrogen and oxygen atoms in total. The first-order chi connectivity index (χ1) is 12.7. The van der Waals surface area contributed by atoms with Crippen molar-refractivity contribution < 1.29 is 14.9 Å². The molecule has 1 aromatic carbocycles. The molecule has 3 saturated carbocycles. The molecule has 150 valence electrons. The van der Waals surface area contributed by atoms with Gasteiger partial charge >= 0.3 is 0 Å². The third kappa shape index (κ3) is 2.80. The van der Waals surface area contributed by atoms with Crippen LogP contribution in [-0.2, 0) is 5.41 Å². The van der Waals surface area contributed by atoms with Crippen LogP contribution in [0.1, 0.15) is 90.2 Å². The Kier molecular flexibility index (Phi) is 4.53. The minimum absolute atomic E-state index is 0.0113. The number of benzene rings is 1. The lowest BCUT2D eigenvalue weighted by molar-refractivity contribution is -0.190. The number of ether oxygens (including phenoxy) is 1. The predicted octanol–water partition coefficient (Wildman–Crippen LogP) is 5.52. The molecule has 5 rings (SSSR count). The Bertz CT molecular complexity index is 721. The molecule has 5 atom stereocenters. The zero-order valence-corrected chi connectivity index (χ0v) is 17.6. The second-order valence-corrected chi connectivity index (χ2v) is 10.5. The molecular weight excluding hydrogens is 336 g/mol. The fourth-order valence-electron chi connectivity index (χ4n) is 6.08. The molecule has 2 bridgehead atoms. The lowest BCUT2D eigenvalue weighted by Gasteiger charge is -2.62. The number of fused-ring (bicyclic) bond motifs is 1. The summed E-state index contributed by atoms with van der Waals surface area (Å²) in [5.74, 6) is 2.09. The van der Waals surface area contributed by atoms with E-state index in [1.807, 2.05) is 6.07 Å². The largest absolute Gasteiger partial charge is 0.508 e. The molecule has 4 aliphatic rings. The quantitative estimate of drug-likeness (QED) is 0.646. The highest BCUT2D eigenvalue weighted by Crippen LogP contribution is 2.68. The van der Waals surface area contributed by atoms with Gasteiger partial charge in [-0.05, 0) is 53.2 Å². The SMILES string of the molecule is CCCCCCC(C)(C)c1cc(O)c2c(c1)O[C@H]1[C@@H](O)[C@@H]3C[C@H]([C@@H]21)C3(C)C. The summed E-state index contributed by atoms with van der Waals surface area (Å²) in [6.45, 7) is 11.3. The van der Waals surface area contributed by atoms with Gasteiger partial charge in [-0.1, -0.05) is 60.3 Å². The van der Waals surface area contributed by atoms with Crippen LogP contribution in [0.2, 0.25) is 0 Å². The van der Waals surface area contributed by atoms with Crippen LogP contribution in [0.25, 0.3) is 0 Å². The van der Waals surface area contributed by atoms with Crippen molar-refractivity contribution in [2.45, 2.75) is 96.7 Å². The highest BCUT2D eigenvalue weighted by Gasteiger charge is 2.65. The Morgan fingerprint density at radius 2 is 1.89 bits per heavy atom. The third-order valence-electron chi connectivity index (χ3n) is 8.11. The average Bonchev–Trinajstić information content (AvgIpc) is 2.99. The van der Waals surface area contributed by atoms with Crippen LogP contribution in [0.4, 0.5) is 0 Å². The monoisotopic (exact) mass is 372 g/mol. The van der Waals surface area contributed by atoms with Crippen molar-refractivity contribution in [3.8, 4) is 11.5 Å². The van der Waals surface area contributed by atoms with Gasteiger partial charge in [-0.25, -0.2) is 0 Å². The molecule has 3 fully saturated rings. The predicted molar refractivity (Wildman–Crippen MR) is 108 cm³/mol. The van der Waals surface area contributed by atoms with Crippen LogP contribution in [0.15, 0.2) is 12.1 Å². The molecule has 0 radical (unpaired) electrons. The van der Waals surface area contributed by atoms with Crippen molar-refractivity contribution in [3.63, 3.8) is 0 Å². The van der Waals surface area contributed by atoms with Gasteiger partial charge in [-0.2, -0.15) is 0 Å². The van der Waals surface area contributed by atoms with Gasteiger partial charge < -0.3 is 14.9 Å². The van der Waals surface area contributed by atoms with Gasteiger partial charge in [0.05, 0.1) is 6.10 Å².